The van der Waals surface area contributed by atoms with E-state index in [-0.39, 0.29) is 17.4 Å². The molecule has 1 N–H and O–H groups in total. The summed E-state index contributed by atoms with van der Waals surface area (Å²) < 4.78 is 18.4. The highest BCUT2D eigenvalue weighted by Gasteiger charge is 2.11. The van der Waals surface area contributed by atoms with E-state index in [9.17, 15) is 9.50 Å². The van der Waals surface area contributed by atoms with Gasteiger partial charge in [-0.3, -0.25) is 0 Å². The Morgan fingerprint density at radius 1 is 1.11 bits per heavy atom. The molecule has 0 aliphatic carbocycles. The van der Waals surface area contributed by atoms with Crippen LogP contribution in [0.15, 0.2) is 36.4 Å². The smallest absolute Gasteiger partial charge is 0.151 e. The average molecular weight is 287 g/mol. The summed E-state index contributed by atoms with van der Waals surface area (Å²) in [5.74, 6) is 0.143. The largest absolute Gasteiger partial charge is 0.454 e. The summed E-state index contributed by atoms with van der Waals surface area (Å²) in [5, 5.41) is 9.69. The van der Waals surface area contributed by atoms with E-state index in [0.717, 1.165) is 6.07 Å². The zero-order chi connectivity index (χ0) is 13.1. The molecule has 0 spiro atoms. The Morgan fingerprint density at radius 3 is 2.56 bits per heavy atom. The van der Waals surface area contributed by atoms with E-state index in [2.05, 4.69) is 0 Å². The lowest BCUT2D eigenvalue weighted by Gasteiger charge is -2.12. The van der Waals surface area contributed by atoms with Crippen LogP contribution in [0.25, 0.3) is 0 Å². The lowest BCUT2D eigenvalue weighted by molar-refractivity contribution is 0.276. The van der Waals surface area contributed by atoms with Crippen LogP contribution in [-0.2, 0) is 6.61 Å². The first kappa shape index (κ1) is 13.1. The van der Waals surface area contributed by atoms with Crippen molar-refractivity contribution in [3.63, 3.8) is 0 Å². The van der Waals surface area contributed by atoms with Gasteiger partial charge >= 0.3 is 0 Å². The Morgan fingerprint density at radius 2 is 1.89 bits per heavy atom. The summed E-state index contributed by atoms with van der Waals surface area (Å²) in [5.41, 5.74) is 0.530. The molecule has 0 aromatic heterocycles. The molecule has 0 aliphatic rings. The van der Waals surface area contributed by atoms with Crippen molar-refractivity contribution in [2.45, 2.75) is 6.61 Å². The summed E-state index contributed by atoms with van der Waals surface area (Å²) in [6.45, 7) is -0.214. The van der Waals surface area contributed by atoms with Gasteiger partial charge in [0.25, 0.3) is 0 Å². The lowest BCUT2D eigenvalue weighted by atomic mass is 10.2. The van der Waals surface area contributed by atoms with Gasteiger partial charge in [0.15, 0.2) is 5.75 Å². The molecule has 0 heterocycles. The van der Waals surface area contributed by atoms with E-state index >= 15 is 0 Å². The molecule has 0 fully saturated rings. The van der Waals surface area contributed by atoms with Crippen molar-refractivity contribution in [2.24, 2.45) is 0 Å². The van der Waals surface area contributed by atoms with Crippen LogP contribution < -0.4 is 4.74 Å². The number of hydrogen-bond acceptors (Lipinski definition) is 2. The fourth-order valence-corrected chi connectivity index (χ4v) is 1.90. The van der Waals surface area contributed by atoms with Crippen molar-refractivity contribution < 1.29 is 14.2 Å². The SMILES string of the molecule is OCc1cccc(Cl)c1Oc1ccc(F)cc1Cl. The first-order valence-electron chi connectivity index (χ1n) is 5.13. The van der Waals surface area contributed by atoms with Crippen LogP contribution >= 0.6 is 23.2 Å². The molecule has 0 amide bonds. The number of benzene rings is 2. The molecule has 2 nitrogen and oxygen atoms in total. The number of rotatable bonds is 3. The Kier molecular flexibility index (Phi) is 4.07. The Hall–Kier alpha value is -1.29. The van der Waals surface area contributed by atoms with Crippen molar-refractivity contribution in [1.29, 1.82) is 0 Å². The van der Waals surface area contributed by atoms with Crippen LogP contribution in [0.3, 0.4) is 0 Å². The summed E-state index contributed by atoms with van der Waals surface area (Å²) in [7, 11) is 0. The minimum Gasteiger partial charge on any atom is -0.454 e. The fourth-order valence-electron chi connectivity index (χ4n) is 1.46. The van der Waals surface area contributed by atoms with Gasteiger partial charge in [0, 0.05) is 5.56 Å². The van der Waals surface area contributed by atoms with E-state index < -0.39 is 5.82 Å². The molecule has 94 valence electrons. The van der Waals surface area contributed by atoms with Gasteiger partial charge in [0.2, 0.25) is 0 Å². The van der Waals surface area contributed by atoms with Crippen molar-refractivity contribution in [2.75, 3.05) is 0 Å². The second kappa shape index (κ2) is 5.57. The Balaban J connectivity index is 2.39. The molecule has 2 aromatic rings. The van der Waals surface area contributed by atoms with Crippen LogP contribution in [0, 0.1) is 5.82 Å². The number of hydrogen-bond donors (Lipinski definition) is 1. The predicted octanol–water partition coefficient (Wildman–Crippen LogP) is 4.42. The molecule has 0 radical (unpaired) electrons. The molecule has 0 saturated carbocycles. The highest BCUT2D eigenvalue weighted by atomic mass is 35.5. The van der Waals surface area contributed by atoms with E-state index in [0.29, 0.717) is 16.3 Å². The van der Waals surface area contributed by atoms with E-state index in [1.165, 1.54) is 12.1 Å². The van der Waals surface area contributed by atoms with Crippen LogP contribution in [0.5, 0.6) is 11.5 Å². The molecular weight excluding hydrogens is 278 g/mol. The number of aliphatic hydroxyl groups is 1. The third kappa shape index (κ3) is 2.75. The van der Waals surface area contributed by atoms with Crippen molar-refractivity contribution in [1.82, 2.24) is 0 Å². The standard InChI is InChI=1S/C13H9Cl2FO2/c14-10-3-1-2-8(7-17)13(10)18-12-5-4-9(16)6-11(12)15/h1-6,17H,7H2. The van der Waals surface area contributed by atoms with Crippen molar-refractivity contribution in [3.8, 4) is 11.5 Å². The second-order valence-electron chi connectivity index (χ2n) is 3.56. The lowest BCUT2D eigenvalue weighted by Crippen LogP contribution is -1.93. The third-order valence-electron chi connectivity index (χ3n) is 2.32. The topological polar surface area (TPSA) is 29.5 Å². The minimum absolute atomic E-state index is 0.138. The maximum absolute atomic E-state index is 12.9. The van der Waals surface area contributed by atoms with E-state index in [4.69, 9.17) is 27.9 Å². The molecule has 5 heteroatoms. The van der Waals surface area contributed by atoms with Crippen LogP contribution in [0.4, 0.5) is 4.39 Å². The molecule has 0 saturated heterocycles. The first-order chi connectivity index (χ1) is 8.61. The highest BCUT2D eigenvalue weighted by Crippen LogP contribution is 2.36. The Bertz CT molecular complexity index is 573. The number of ether oxygens (including phenoxy) is 1. The summed E-state index contributed by atoms with van der Waals surface area (Å²) in [4.78, 5) is 0. The molecule has 18 heavy (non-hydrogen) atoms. The van der Waals surface area contributed by atoms with Gasteiger partial charge < -0.3 is 9.84 Å². The zero-order valence-corrected chi connectivity index (χ0v) is 10.7. The number of halogens is 3. The summed E-state index contributed by atoms with van der Waals surface area (Å²) >= 11 is 11.8. The van der Waals surface area contributed by atoms with Crippen LogP contribution in [-0.4, -0.2) is 5.11 Å². The summed E-state index contributed by atoms with van der Waals surface area (Å²) in [6.07, 6.45) is 0. The molecule has 2 aromatic carbocycles. The average Bonchev–Trinajstić information content (AvgIpc) is 2.34. The van der Waals surface area contributed by atoms with Crippen molar-refractivity contribution in [3.05, 3.63) is 57.8 Å². The Labute approximate surface area is 114 Å². The zero-order valence-electron chi connectivity index (χ0n) is 9.16. The maximum atomic E-state index is 12.9. The van der Waals surface area contributed by atoms with E-state index in [1.54, 1.807) is 18.2 Å². The third-order valence-corrected chi connectivity index (χ3v) is 2.92. The van der Waals surface area contributed by atoms with Gasteiger partial charge in [-0.25, -0.2) is 4.39 Å². The molecule has 0 bridgehead atoms. The molecule has 2 rings (SSSR count). The summed E-state index contributed by atoms with van der Waals surface area (Å²) in [6, 6.07) is 8.80. The normalized spacial score (nSPS) is 10.4. The highest BCUT2D eigenvalue weighted by molar-refractivity contribution is 6.33. The van der Waals surface area contributed by atoms with E-state index in [1.807, 2.05) is 0 Å². The molecule has 0 unspecified atom stereocenters. The van der Waals surface area contributed by atoms with Gasteiger partial charge in [0.05, 0.1) is 16.7 Å². The molecule has 0 aliphatic heterocycles. The minimum atomic E-state index is -0.450. The quantitative estimate of drug-likeness (QED) is 0.905. The second-order valence-corrected chi connectivity index (χ2v) is 4.38. The molecular formula is C13H9Cl2FO2. The van der Waals surface area contributed by atoms with Gasteiger partial charge in [-0.15, -0.1) is 0 Å². The van der Waals surface area contributed by atoms with Crippen LogP contribution in [0.2, 0.25) is 10.0 Å². The predicted molar refractivity (Wildman–Crippen MR) is 68.9 cm³/mol. The number of para-hydroxylation sites is 1. The first-order valence-corrected chi connectivity index (χ1v) is 5.88. The van der Waals surface area contributed by atoms with Gasteiger partial charge in [-0.1, -0.05) is 35.3 Å². The van der Waals surface area contributed by atoms with Crippen molar-refractivity contribution >= 4 is 23.2 Å². The monoisotopic (exact) mass is 286 g/mol. The van der Waals surface area contributed by atoms with Gasteiger partial charge in [-0.05, 0) is 24.3 Å². The van der Waals surface area contributed by atoms with Gasteiger partial charge in [-0.2, -0.15) is 0 Å². The maximum Gasteiger partial charge on any atom is 0.151 e. The fraction of sp³-hybridized carbons (Fsp3) is 0.0769. The van der Waals surface area contributed by atoms with Crippen LogP contribution in [0.1, 0.15) is 5.56 Å². The van der Waals surface area contributed by atoms with Gasteiger partial charge in [0.1, 0.15) is 11.6 Å². The molecule has 0 atom stereocenters. The number of aliphatic hydroxyl groups excluding tert-OH is 1.